The Morgan fingerprint density at radius 2 is 1.95 bits per heavy atom. The summed E-state index contributed by atoms with van der Waals surface area (Å²) in [6, 6.07) is 7.78. The molecule has 2 aliphatic rings. The van der Waals surface area contributed by atoms with Crippen molar-refractivity contribution in [3.63, 3.8) is 0 Å². The van der Waals surface area contributed by atoms with Gasteiger partial charge < -0.3 is 19.9 Å². The molecular weight excluding hydrogens is 525 g/mol. The van der Waals surface area contributed by atoms with Gasteiger partial charge in [-0.15, -0.1) is 10.2 Å². The van der Waals surface area contributed by atoms with Crippen molar-refractivity contribution in [3.8, 4) is 9.88 Å². The van der Waals surface area contributed by atoms with Gasteiger partial charge in [-0.3, -0.25) is 19.8 Å². The molecule has 2 saturated heterocycles. The predicted molar refractivity (Wildman–Crippen MR) is 137 cm³/mol. The summed E-state index contributed by atoms with van der Waals surface area (Å²) in [5.74, 6) is -0.660. The number of amides is 2. The molecule has 2 aliphatic heterocycles. The zero-order chi connectivity index (χ0) is 26.1. The van der Waals surface area contributed by atoms with Crippen molar-refractivity contribution in [2.24, 2.45) is 0 Å². The van der Waals surface area contributed by atoms with Crippen LogP contribution in [-0.4, -0.2) is 72.5 Å². The smallest absolute Gasteiger partial charge is 0.414 e. The third-order valence-corrected chi connectivity index (χ3v) is 8.17. The van der Waals surface area contributed by atoms with Crippen molar-refractivity contribution >= 4 is 56.2 Å². The summed E-state index contributed by atoms with van der Waals surface area (Å²) in [6.07, 6.45) is -1.08. The third-order valence-electron chi connectivity index (χ3n) is 5.98. The quantitative estimate of drug-likeness (QED) is 0.350. The normalized spacial score (nSPS) is 17.7. The number of piperazine rings is 1. The number of carbonyl (C=O) groups is 2. The molecule has 1 aromatic carbocycles. The molecule has 2 fully saturated rings. The van der Waals surface area contributed by atoms with E-state index in [1.54, 1.807) is 18.2 Å². The summed E-state index contributed by atoms with van der Waals surface area (Å²) < 4.78 is 20.3. The number of nitro groups is 1. The lowest BCUT2D eigenvalue weighted by Crippen LogP contribution is -2.46. The predicted octanol–water partition coefficient (Wildman–Crippen LogP) is 3.10. The van der Waals surface area contributed by atoms with E-state index < -0.39 is 22.9 Å². The SMILES string of the molecule is CC(=O)NC[C@H]1CN(c2ccc(N3CCN(c4nnc(-c5ccc([N+](=O)[O-])s5)s4)CC3)c(F)c2)C(=O)O1. The lowest BCUT2D eigenvalue weighted by molar-refractivity contribution is -0.380. The van der Waals surface area contributed by atoms with Gasteiger partial charge >= 0.3 is 11.1 Å². The van der Waals surface area contributed by atoms with E-state index in [-0.39, 0.29) is 24.0 Å². The third kappa shape index (κ3) is 5.32. The van der Waals surface area contributed by atoms with E-state index in [4.69, 9.17) is 4.74 Å². The number of benzene rings is 1. The number of thiophene rings is 1. The second-order valence-electron chi connectivity index (χ2n) is 8.45. The number of cyclic esters (lactones) is 1. The average molecular weight is 548 g/mol. The van der Waals surface area contributed by atoms with E-state index in [2.05, 4.69) is 20.4 Å². The summed E-state index contributed by atoms with van der Waals surface area (Å²) in [5, 5.41) is 23.4. The first-order valence-electron chi connectivity index (χ1n) is 11.4. The molecule has 0 unspecified atom stereocenters. The summed E-state index contributed by atoms with van der Waals surface area (Å²) in [4.78, 5) is 39.9. The molecule has 2 amide bonds. The summed E-state index contributed by atoms with van der Waals surface area (Å²) in [6.45, 7) is 4.12. The second kappa shape index (κ2) is 10.3. The van der Waals surface area contributed by atoms with Gasteiger partial charge in [0, 0.05) is 39.2 Å². The Balaban J connectivity index is 1.20. The van der Waals surface area contributed by atoms with Crippen LogP contribution in [0.3, 0.4) is 0 Å². The molecule has 1 atom stereocenters. The minimum atomic E-state index is -0.579. The summed E-state index contributed by atoms with van der Waals surface area (Å²) in [7, 11) is 0. The number of rotatable bonds is 7. The molecule has 0 bridgehead atoms. The molecule has 0 radical (unpaired) electrons. The van der Waals surface area contributed by atoms with Crippen LogP contribution in [0.4, 0.5) is 30.7 Å². The molecule has 194 valence electrons. The number of halogens is 1. The molecule has 4 heterocycles. The highest BCUT2D eigenvalue weighted by atomic mass is 32.1. The molecule has 0 saturated carbocycles. The van der Waals surface area contributed by atoms with Gasteiger partial charge in [0.1, 0.15) is 11.9 Å². The largest absolute Gasteiger partial charge is 0.442 e. The molecule has 5 rings (SSSR count). The molecule has 0 aliphatic carbocycles. The van der Waals surface area contributed by atoms with Crippen molar-refractivity contribution in [1.82, 2.24) is 15.5 Å². The van der Waals surface area contributed by atoms with Crippen LogP contribution in [0.1, 0.15) is 6.92 Å². The number of hydrogen-bond acceptors (Lipinski definition) is 11. The zero-order valence-electron chi connectivity index (χ0n) is 19.6. The maximum atomic E-state index is 15.1. The Morgan fingerprint density at radius 3 is 2.62 bits per heavy atom. The number of carbonyl (C=O) groups excluding carboxylic acids is 2. The van der Waals surface area contributed by atoms with Crippen LogP contribution in [0.2, 0.25) is 0 Å². The van der Waals surface area contributed by atoms with Crippen molar-refractivity contribution < 1.29 is 23.6 Å². The van der Waals surface area contributed by atoms with Crippen LogP contribution in [0.25, 0.3) is 9.88 Å². The number of nitrogens with zero attached hydrogens (tertiary/aromatic N) is 6. The lowest BCUT2D eigenvalue weighted by atomic mass is 10.2. The van der Waals surface area contributed by atoms with Crippen LogP contribution in [-0.2, 0) is 9.53 Å². The van der Waals surface area contributed by atoms with Crippen molar-refractivity contribution in [2.75, 3.05) is 54.0 Å². The molecule has 2 aromatic heterocycles. The van der Waals surface area contributed by atoms with Gasteiger partial charge in [0.15, 0.2) is 5.01 Å². The van der Waals surface area contributed by atoms with Gasteiger partial charge in [0.2, 0.25) is 11.0 Å². The Bertz CT molecular complexity index is 1340. The monoisotopic (exact) mass is 547 g/mol. The number of anilines is 3. The molecule has 15 heteroatoms. The van der Waals surface area contributed by atoms with Crippen LogP contribution in [0.5, 0.6) is 0 Å². The fourth-order valence-electron chi connectivity index (χ4n) is 4.14. The first kappa shape index (κ1) is 24.8. The highest BCUT2D eigenvalue weighted by Crippen LogP contribution is 2.37. The topological polar surface area (TPSA) is 134 Å². The minimum Gasteiger partial charge on any atom is -0.442 e. The molecule has 37 heavy (non-hydrogen) atoms. The van der Waals surface area contributed by atoms with Crippen LogP contribution in [0.15, 0.2) is 30.3 Å². The van der Waals surface area contributed by atoms with Crippen LogP contribution < -0.4 is 20.0 Å². The van der Waals surface area contributed by atoms with Crippen molar-refractivity contribution in [3.05, 3.63) is 46.3 Å². The molecule has 3 aromatic rings. The zero-order valence-corrected chi connectivity index (χ0v) is 21.3. The van der Waals surface area contributed by atoms with Crippen molar-refractivity contribution in [2.45, 2.75) is 13.0 Å². The number of hydrogen-bond donors (Lipinski definition) is 1. The lowest BCUT2D eigenvalue weighted by Gasteiger charge is -2.36. The highest BCUT2D eigenvalue weighted by Gasteiger charge is 2.33. The van der Waals surface area contributed by atoms with Crippen LogP contribution in [0, 0.1) is 15.9 Å². The Morgan fingerprint density at radius 1 is 1.19 bits per heavy atom. The highest BCUT2D eigenvalue weighted by molar-refractivity contribution is 7.24. The number of ether oxygens (including phenoxy) is 1. The summed E-state index contributed by atoms with van der Waals surface area (Å²) >= 11 is 2.42. The van der Waals surface area contributed by atoms with E-state index in [0.717, 1.165) is 11.3 Å². The standard InChI is InChI=1S/C22H22FN7O5S2/c1-13(31)24-11-15-12-29(22(32)35-15)14-2-3-17(16(23)10-14)27-6-8-28(9-7-27)21-26-25-20(37-21)18-4-5-19(36-18)30(33)34/h2-5,10,15H,6-9,11-12H2,1H3,(H,24,31)/t15-/m0/s1. The molecule has 1 N–H and O–H groups in total. The Hall–Kier alpha value is -3.85. The first-order chi connectivity index (χ1) is 17.8. The van der Waals surface area contributed by atoms with Gasteiger partial charge in [0.25, 0.3) is 0 Å². The van der Waals surface area contributed by atoms with E-state index in [0.29, 0.717) is 52.6 Å². The number of nitrogens with one attached hydrogen (secondary N) is 1. The van der Waals surface area contributed by atoms with E-state index >= 15 is 4.39 Å². The fraction of sp³-hybridized carbons (Fsp3) is 0.364. The minimum absolute atomic E-state index is 0.0554. The van der Waals surface area contributed by atoms with Gasteiger partial charge in [-0.1, -0.05) is 22.7 Å². The van der Waals surface area contributed by atoms with E-state index in [1.165, 1.54) is 35.3 Å². The summed E-state index contributed by atoms with van der Waals surface area (Å²) in [5.41, 5.74) is 0.833. The first-order valence-corrected chi connectivity index (χ1v) is 13.0. The Kier molecular flexibility index (Phi) is 6.88. The molecule has 0 spiro atoms. The fourth-order valence-corrected chi connectivity index (χ4v) is 5.91. The van der Waals surface area contributed by atoms with Crippen molar-refractivity contribution in [1.29, 1.82) is 0 Å². The Labute approximate surface area is 218 Å². The molecular formula is C22H22FN7O5S2. The van der Waals surface area contributed by atoms with Gasteiger partial charge in [-0.25, -0.2) is 9.18 Å². The number of aromatic nitrogens is 2. The average Bonchev–Trinajstić information content (AvgIpc) is 3.62. The molecule has 12 nitrogen and oxygen atoms in total. The second-order valence-corrected chi connectivity index (χ2v) is 10.5. The van der Waals surface area contributed by atoms with E-state index in [1.807, 2.05) is 4.90 Å². The van der Waals surface area contributed by atoms with Crippen LogP contribution >= 0.6 is 22.7 Å². The maximum absolute atomic E-state index is 15.1. The van der Waals surface area contributed by atoms with Gasteiger partial charge in [0.05, 0.1) is 34.3 Å². The van der Waals surface area contributed by atoms with Gasteiger partial charge in [-0.2, -0.15) is 0 Å². The van der Waals surface area contributed by atoms with E-state index in [9.17, 15) is 19.7 Å². The maximum Gasteiger partial charge on any atom is 0.414 e. The van der Waals surface area contributed by atoms with Gasteiger partial charge in [-0.05, 0) is 24.3 Å².